The van der Waals surface area contributed by atoms with E-state index in [-0.39, 0.29) is 21.3 Å². The van der Waals surface area contributed by atoms with Crippen molar-refractivity contribution in [2.45, 2.75) is 37.5 Å². The van der Waals surface area contributed by atoms with Gasteiger partial charge in [-0.2, -0.15) is 0 Å². The molecule has 5 heteroatoms. The number of phenols is 2. The average Bonchev–Trinajstić information content (AvgIpc) is 2.37. The van der Waals surface area contributed by atoms with Crippen molar-refractivity contribution in [1.82, 2.24) is 0 Å². The first-order valence-corrected chi connectivity index (χ1v) is 7.98. The number of aromatic hydroxyl groups is 2. The zero-order valence-electron chi connectivity index (χ0n) is 12.4. The molecule has 0 saturated carbocycles. The summed E-state index contributed by atoms with van der Waals surface area (Å²) in [5, 5.41) is 20.2. The molecule has 0 fully saturated rings. The van der Waals surface area contributed by atoms with Crippen LogP contribution < -0.4 is 0 Å². The fourth-order valence-corrected chi connectivity index (χ4v) is 4.12. The van der Waals surface area contributed by atoms with Crippen LogP contribution in [0.1, 0.15) is 22.3 Å². The lowest BCUT2D eigenvalue weighted by molar-refractivity contribution is 0.448. The summed E-state index contributed by atoms with van der Waals surface area (Å²) in [4.78, 5) is -0.361. The smallest absolute Gasteiger partial charge is 0.213 e. The summed E-state index contributed by atoms with van der Waals surface area (Å²) in [6, 6.07) is 6.23. The Bertz CT molecular complexity index is 757. The zero-order valence-corrected chi connectivity index (χ0v) is 13.2. The molecular weight excluding hydrogens is 288 g/mol. The maximum Gasteiger partial charge on any atom is 0.213 e. The second-order valence-electron chi connectivity index (χ2n) is 5.36. The largest absolute Gasteiger partial charge is 0.506 e. The van der Waals surface area contributed by atoms with E-state index in [2.05, 4.69) is 0 Å². The topological polar surface area (TPSA) is 74.6 Å². The Labute approximate surface area is 124 Å². The summed E-state index contributed by atoms with van der Waals surface area (Å²) in [6.07, 6.45) is 0. The quantitative estimate of drug-likeness (QED) is 0.893. The second kappa shape index (κ2) is 5.07. The minimum absolute atomic E-state index is 0.180. The standard InChI is InChI=1S/C16H18O4S/c1-9-5-11(3)15(17)13(7-9)21(19,20)14-8-10(2)6-12(4)16(14)18/h5-8,17-18H,1-4H3. The van der Waals surface area contributed by atoms with E-state index < -0.39 is 9.84 Å². The normalized spacial score (nSPS) is 11.6. The van der Waals surface area contributed by atoms with Crippen LogP contribution in [0.5, 0.6) is 11.5 Å². The van der Waals surface area contributed by atoms with Gasteiger partial charge >= 0.3 is 0 Å². The molecule has 0 unspecified atom stereocenters. The molecular formula is C16H18O4S. The molecule has 2 aromatic rings. The Morgan fingerprint density at radius 1 is 0.714 bits per heavy atom. The van der Waals surface area contributed by atoms with Crippen LogP contribution in [-0.2, 0) is 9.84 Å². The number of benzene rings is 2. The SMILES string of the molecule is Cc1cc(C)c(O)c(S(=O)(=O)c2cc(C)cc(C)c2O)c1. The molecule has 2 N–H and O–H groups in total. The third-order valence-electron chi connectivity index (χ3n) is 3.40. The van der Waals surface area contributed by atoms with Crippen LogP contribution >= 0.6 is 0 Å². The average molecular weight is 306 g/mol. The molecule has 0 radical (unpaired) electrons. The molecule has 0 spiro atoms. The van der Waals surface area contributed by atoms with Crippen molar-refractivity contribution in [2.24, 2.45) is 0 Å². The van der Waals surface area contributed by atoms with E-state index >= 15 is 0 Å². The van der Waals surface area contributed by atoms with Crippen LogP contribution in [0.25, 0.3) is 0 Å². The van der Waals surface area contributed by atoms with Crippen LogP contribution in [0.15, 0.2) is 34.1 Å². The number of aryl methyl sites for hydroxylation is 4. The molecule has 0 heterocycles. The Balaban J connectivity index is 2.81. The van der Waals surface area contributed by atoms with Gasteiger partial charge < -0.3 is 10.2 Å². The molecule has 0 aliphatic heterocycles. The number of rotatable bonds is 2. The summed E-state index contributed by atoms with van der Waals surface area (Å²) < 4.78 is 25.5. The van der Waals surface area contributed by atoms with E-state index in [0.717, 1.165) is 11.1 Å². The van der Waals surface area contributed by atoms with E-state index in [1.807, 2.05) is 0 Å². The molecule has 0 aliphatic rings. The Hall–Kier alpha value is -2.01. The molecule has 4 nitrogen and oxygen atoms in total. The predicted molar refractivity (Wildman–Crippen MR) is 80.6 cm³/mol. The fourth-order valence-electron chi connectivity index (χ4n) is 2.37. The highest BCUT2D eigenvalue weighted by Gasteiger charge is 2.27. The van der Waals surface area contributed by atoms with E-state index in [0.29, 0.717) is 11.1 Å². The second-order valence-corrected chi connectivity index (χ2v) is 7.25. The van der Waals surface area contributed by atoms with Gasteiger partial charge in [-0.3, -0.25) is 0 Å². The van der Waals surface area contributed by atoms with E-state index in [1.54, 1.807) is 39.8 Å². The summed E-state index contributed by atoms with van der Waals surface area (Å²) in [5.74, 6) is -0.557. The predicted octanol–water partition coefficient (Wildman–Crippen LogP) is 3.16. The van der Waals surface area contributed by atoms with Gasteiger partial charge in [-0.15, -0.1) is 0 Å². The lowest BCUT2D eigenvalue weighted by Crippen LogP contribution is -2.05. The Kier molecular flexibility index (Phi) is 3.72. The lowest BCUT2D eigenvalue weighted by Gasteiger charge is -2.13. The summed E-state index contributed by atoms with van der Waals surface area (Å²) in [5.41, 5.74) is 2.43. The molecule has 0 aromatic heterocycles. The molecule has 0 aliphatic carbocycles. The zero-order chi connectivity index (χ0) is 15.9. The highest BCUT2D eigenvalue weighted by molar-refractivity contribution is 7.91. The van der Waals surface area contributed by atoms with Crippen LogP contribution in [0.4, 0.5) is 0 Å². The summed E-state index contributed by atoms with van der Waals surface area (Å²) in [7, 11) is -3.99. The molecule has 2 rings (SSSR count). The Morgan fingerprint density at radius 2 is 1.05 bits per heavy atom. The first kappa shape index (κ1) is 15.4. The van der Waals surface area contributed by atoms with Crippen molar-refractivity contribution >= 4 is 9.84 Å². The maximum absolute atomic E-state index is 12.8. The first-order chi connectivity index (χ1) is 9.64. The molecule has 112 valence electrons. The van der Waals surface area contributed by atoms with E-state index in [1.165, 1.54) is 12.1 Å². The van der Waals surface area contributed by atoms with Crippen molar-refractivity contribution in [3.05, 3.63) is 46.5 Å². The highest BCUT2D eigenvalue weighted by Crippen LogP contribution is 2.37. The van der Waals surface area contributed by atoms with E-state index in [9.17, 15) is 18.6 Å². The number of hydrogen-bond donors (Lipinski definition) is 2. The van der Waals surface area contributed by atoms with Crippen molar-refractivity contribution in [3.63, 3.8) is 0 Å². The van der Waals surface area contributed by atoms with Crippen molar-refractivity contribution in [3.8, 4) is 11.5 Å². The van der Waals surface area contributed by atoms with Gasteiger partial charge in [-0.25, -0.2) is 8.42 Å². The monoisotopic (exact) mass is 306 g/mol. The van der Waals surface area contributed by atoms with Crippen LogP contribution in [-0.4, -0.2) is 18.6 Å². The summed E-state index contributed by atoms with van der Waals surface area (Å²) >= 11 is 0. The minimum atomic E-state index is -3.99. The number of hydrogen-bond acceptors (Lipinski definition) is 4. The van der Waals surface area contributed by atoms with Gasteiger partial charge in [-0.1, -0.05) is 12.1 Å². The Morgan fingerprint density at radius 3 is 1.38 bits per heavy atom. The van der Waals surface area contributed by atoms with Crippen molar-refractivity contribution < 1.29 is 18.6 Å². The number of phenolic OH excluding ortho intramolecular Hbond substituents is 2. The highest BCUT2D eigenvalue weighted by atomic mass is 32.2. The van der Waals surface area contributed by atoms with Crippen LogP contribution in [0.3, 0.4) is 0 Å². The van der Waals surface area contributed by atoms with Gasteiger partial charge in [0.15, 0.2) is 0 Å². The van der Waals surface area contributed by atoms with Gasteiger partial charge in [0.05, 0.1) is 0 Å². The fraction of sp³-hybridized carbons (Fsp3) is 0.250. The molecule has 0 bridgehead atoms. The molecule has 0 atom stereocenters. The van der Waals surface area contributed by atoms with Gasteiger partial charge in [0.1, 0.15) is 21.3 Å². The van der Waals surface area contributed by atoms with E-state index in [4.69, 9.17) is 0 Å². The lowest BCUT2D eigenvalue weighted by atomic mass is 10.1. The summed E-state index contributed by atoms with van der Waals surface area (Å²) in [6.45, 7) is 6.80. The van der Waals surface area contributed by atoms with Crippen LogP contribution in [0.2, 0.25) is 0 Å². The molecule has 21 heavy (non-hydrogen) atoms. The van der Waals surface area contributed by atoms with Crippen molar-refractivity contribution in [2.75, 3.05) is 0 Å². The maximum atomic E-state index is 12.8. The van der Waals surface area contributed by atoms with Gasteiger partial charge in [0.25, 0.3) is 0 Å². The van der Waals surface area contributed by atoms with Gasteiger partial charge in [0, 0.05) is 0 Å². The van der Waals surface area contributed by atoms with Crippen molar-refractivity contribution in [1.29, 1.82) is 0 Å². The minimum Gasteiger partial charge on any atom is -0.506 e. The molecule has 0 amide bonds. The third kappa shape index (κ3) is 2.61. The number of sulfone groups is 1. The molecule has 0 saturated heterocycles. The van der Waals surface area contributed by atoms with Crippen LogP contribution in [0, 0.1) is 27.7 Å². The third-order valence-corrected chi connectivity index (χ3v) is 5.18. The first-order valence-electron chi connectivity index (χ1n) is 6.50. The van der Waals surface area contributed by atoms with Gasteiger partial charge in [-0.05, 0) is 62.1 Å². The molecule has 2 aromatic carbocycles. The van der Waals surface area contributed by atoms with Gasteiger partial charge in [0.2, 0.25) is 9.84 Å².